The summed E-state index contributed by atoms with van der Waals surface area (Å²) in [6.45, 7) is 0. The number of para-hydroxylation sites is 1. The topological polar surface area (TPSA) is 87.5 Å². The second-order valence-electron chi connectivity index (χ2n) is 5.05. The van der Waals surface area contributed by atoms with E-state index in [9.17, 15) is 14.7 Å². The predicted octanol–water partition coefficient (Wildman–Crippen LogP) is 3.10. The summed E-state index contributed by atoms with van der Waals surface area (Å²) < 4.78 is 0. The van der Waals surface area contributed by atoms with Gasteiger partial charge in [0, 0.05) is 17.2 Å². The summed E-state index contributed by atoms with van der Waals surface area (Å²) in [7, 11) is 0. The minimum absolute atomic E-state index is 0.0326. The lowest BCUT2D eigenvalue weighted by atomic mass is 10.00. The summed E-state index contributed by atoms with van der Waals surface area (Å²) in [5, 5.41) is 19.4. The maximum Gasteiger partial charge on any atom is 0.337 e. The summed E-state index contributed by atoms with van der Waals surface area (Å²) in [6.07, 6.45) is 0.424. The number of carboxylic acid groups (broad SMARTS) is 2. The summed E-state index contributed by atoms with van der Waals surface area (Å²) in [6, 6.07) is 12.3. The molecule has 0 radical (unpaired) electrons. The van der Waals surface area contributed by atoms with Gasteiger partial charge in [-0.15, -0.1) is 0 Å². The number of aromatic nitrogens is 1. The highest BCUT2D eigenvalue weighted by atomic mass is 16.4. The van der Waals surface area contributed by atoms with Crippen molar-refractivity contribution in [2.75, 3.05) is 0 Å². The van der Waals surface area contributed by atoms with Crippen LogP contribution in [0.3, 0.4) is 0 Å². The first-order chi connectivity index (χ1) is 10.6. The van der Waals surface area contributed by atoms with E-state index in [0.717, 1.165) is 5.56 Å². The molecule has 3 rings (SSSR count). The first-order valence-electron chi connectivity index (χ1n) is 6.83. The van der Waals surface area contributed by atoms with Gasteiger partial charge in [-0.2, -0.15) is 0 Å². The van der Waals surface area contributed by atoms with E-state index in [4.69, 9.17) is 5.11 Å². The first-order valence-corrected chi connectivity index (χ1v) is 6.83. The Kier molecular flexibility index (Phi) is 3.47. The van der Waals surface area contributed by atoms with Crippen LogP contribution < -0.4 is 0 Å². The fraction of sp³-hybridized carbons (Fsp3) is 0.118. The Morgan fingerprint density at radius 2 is 1.68 bits per heavy atom. The van der Waals surface area contributed by atoms with E-state index in [-0.39, 0.29) is 12.0 Å². The van der Waals surface area contributed by atoms with Crippen LogP contribution in [0.4, 0.5) is 0 Å². The summed E-state index contributed by atoms with van der Waals surface area (Å²) >= 11 is 0. The van der Waals surface area contributed by atoms with Crippen LogP contribution >= 0.6 is 0 Å². The van der Waals surface area contributed by atoms with Crippen LogP contribution in [0.25, 0.3) is 21.8 Å². The molecule has 22 heavy (non-hydrogen) atoms. The number of rotatable bonds is 4. The number of hydrogen-bond donors (Lipinski definition) is 2. The van der Waals surface area contributed by atoms with Gasteiger partial charge >= 0.3 is 11.9 Å². The molecule has 0 aliphatic carbocycles. The highest BCUT2D eigenvalue weighted by Gasteiger charge is 2.15. The molecule has 0 bridgehead atoms. The van der Waals surface area contributed by atoms with Gasteiger partial charge in [-0.25, -0.2) is 9.78 Å². The molecule has 5 heteroatoms. The smallest absolute Gasteiger partial charge is 0.337 e. The molecule has 0 aliphatic heterocycles. The van der Waals surface area contributed by atoms with Crippen molar-refractivity contribution in [2.24, 2.45) is 0 Å². The van der Waals surface area contributed by atoms with Crippen molar-refractivity contribution >= 4 is 33.7 Å². The number of pyridine rings is 1. The van der Waals surface area contributed by atoms with Crippen molar-refractivity contribution in [3.8, 4) is 0 Å². The number of carboxylic acids is 2. The Bertz CT molecular complexity index is 902. The Balaban J connectivity index is 2.23. The average molecular weight is 295 g/mol. The van der Waals surface area contributed by atoms with E-state index in [1.165, 1.54) is 0 Å². The van der Waals surface area contributed by atoms with Gasteiger partial charge in [0.1, 0.15) is 0 Å². The van der Waals surface area contributed by atoms with Crippen molar-refractivity contribution < 1.29 is 19.8 Å². The number of aromatic carboxylic acids is 1. The van der Waals surface area contributed by atoms with Crippen LogP contribution in [0.15, 0.2) is 42.5 Å². The minimum atomic E-state index is -0.998. The van der Waals surface area contributed by atoms with Gasteiger partial charge in [0.15, 0.2) is 0 Å². The molecule has 3 aromatic rings. The zero-order valence-corrected chi connectivity index (χ0v) is 11.6. The third kappa shape index (κ3) is 2.48. The molecule has 0 amide bonds. The summed E-state index contributed by atoms with van der Waals surface area (Å²) in [5.74, 6) is -1.86. The van der Waals surface area contributed by atoms with E-state index in [0.29, 0.717) is 28.2 Å². The van der Waals surface area contributed by atoms with Gasteiger partial charge in [0.25, 0.3) is 0 Å². The third-order valence-corrected chi connectivity index (χ3v) is 3.59. The molecule has 2 N–H and O–H groups in total. The molecule has 2 aromatic carbocycles. The van der Waals surface area contributed by atoms with Crippen LogP contribution in [0.5, 0.6) is 0 Å². The molecular formula is C17H13NO4. The van der Waals surface area contributed by atoms with E-state index < -0.39 is 11.9 Å². The van der Waals surface area contributed by atoms with Crippen LogP contribution in [0, 0.1) is 0 Å². The number of aliphatic carboxylic acids is 1. The molecule has 1 aromatic heterocycles. The van der Waals surface area contributed by atoms with Crippen molar-refractivity contribution in [2.45, 2.75) is 12.8 Å². The van der Waals surface area contributed by atoms with Crippen LogP contribution in [-0.2, 0) is 11.2 Å². The van der Waals surface area contributed by atoms with Crippen molar-refractivity contribution in [3.63, 3.8) is 0 Å². The molecule has 0 unspecified atom stereocenters. The molecule has 0 saturated heterocycles. The lowest BCUT2D eigenvalue weighted by Crippen LogP contribution is -2.02. The molecule has 5 nitrogen and oxygen atoms in total. The van der Waals surface area contributed by atoms with Gasteiger partial charge < -0.3 is 10.2 Å². The van der Waals surface area contributed by atoms with Gasteiger partial charge in [-0.3, -0.25) is 4.79 Å². The van der Waals surface area contributed by atoms with E-state index in [1.807, 2.05) is 0 Å². The Morgan fingerprint density at radius 3 is 2.41 bits per heavy atom. The largest absolute Gasteiger partial charge is 0.481 e. The van der Waals surface area contributed by atoms with Crippen LogP contribution in [0.2, 0.25) is 0 Å². The molecule has 1 heterocycles. The van der Waals surface area contributed by atoms with Crippen LogP contribution in [0.1, 0.15) is 22.3 Å². The van der Waals surface area contributed by atoms with Gasteiger partial charge in [-0.05, 0) is 24.1 Å². The molecule has 0 saturated carbocycles. The monoisotopic (exact) mass is 295 g/mol. The standard InChI is InChI=1S/C17H13NO4/c19-15(20)8-6-10-5-7-12-14(9-10)18-13-4-2-1-3-11(13)16(12)17(21)22/h1-5,7,9H,6,8H2,(H,19,20)(H,21,22). The normalized spacial score (nSPS) is 10.9. The van der Waals surface area contributed by atoms with Gasteiger partial charge in [0.05, 0.1) is 16.6 Å². The molecule has 0 aliphatic rings. The van der Waals surface area contributed by atoms with Crippen molar-refractivity contribution in [1.82, 2.24) is 4.98 Å². The van der Waals surface area contributed by atoms with Gasteiger partial charge in [0.2, 0.25) is 0 Å². The first kappa shape index (κ1) is 14.0. The number of hydrogen-bond acceptors (Lipinski definition) is 3. The molecule has 110 valence electrons. The molecule has 0 fully saturated rings. The fourth-order valence-electron chi connectivity index (χ4n) is 2.58. The van der Waals surface area contributed by atoms with E-state index in [2.05, 4.69) is 4.98 Å². The number of fused-ring (bicyclic) bond motifs is 2. The van der Waals surface area contributed by atoms with E-state index in [1.54, 1.807) is 42.5 Å². The molecular weight excluding hydrogens is 282 g/mol. The highest BCUT2D eigenvalue weighted by Crippen LogP contribution is 2.27. The Hall–Kier alpha value is -2.95. The number of benzene rings is 2. The van der Waals surface area contributed by atoms with Crippen LogP contribution in [-0.4, -0.2) is 27.1 Å². The quantitative estimate of drug-likeness (QED) is 0.722. The number of carbonyl (C=O) groups is 2. The summed E-state index contributed by atoms with van der Waals surface area (Å²) in [4.78, 5) is 26.8. The minimum Gasteiger partial charge on any atom is -0.481 e. The molecule has 0 atom stereocenters. The lowest BCUT2D eigenvalue weighted by molar-refractivity contribution is -0.136. The number of nitrogens with zero attached hydrogens (tertiary/aromatic N) is 1. The predicted molar refractivity (Wildman–Crippen MR) is 82.2 cm³/mol. The second-order valence-corrected chi connectivity index (χ2v) is 5.05. The lowest BCUT2D eigenvalue weighted by Gasteiger charge is -2.08. The average Bonchev–Trinajstić information content (AvgIpc) is 2.49. The Morgan fingerprint density at radius 1 is 0.955 bits per heavy atom. The SMILES string of the molecule is O=C(O)CCc1ccc2c(C(=O)O)c3ccccc3nc2c1. The fourth-order valence-corrected chi connectivity index (χ4v) is 2.58. The van der Waals surface area contributed by atoms with Crippen molar-refractivity contribution in [1.29, 1.82) is 0 Å². The van der Waals surface area contributed by atoms with E-state index >= 15 is 0 Å². The maximum atomic E-state index is 11.6. The molecule has 0 spiro atoms. The van der Waals surface area contributed by atoms with Gasteiger partial charge in [-0.1, -0.05) is 30.3 Å². The zero-order valence-electron chi connectivity index (χ0n) is 11.6. The zero-order chi connectivity index (χ0) is 15.7. The number of aryl methyl sites for hydroxylation is 1. The second kappa shape index (κ2) is 5.44. The summed E-state index contributed by atoms with van der Waals surface area (Å²) in [5.41, 5.74) is 2.24. The van der Waals surface area contributed by atoms with Crippen molar-refractivity contribution in [3.05, 3.63) is 53.6 Å². The highest BCUT2D eigenvalue weighted by molar-refractivity contribution is 6.13. The third-order valence-electron chi connectivity index (χ3n) is 3.59. The Labute approximate surface area is 125 Å². The maximum absolute atomic E-state index is 11.6.